The van der Waals surface area contributed by atoms with Crippen LogP contribution >= 0.6 is 24.8 Å². The van der Waals surface area contributed by atoms with E-state index in [-0.39, 0.29) is 30.7 Å². The average molecular weight is 418 g/mol. The maximum atomic E-state index is 12.3. The largest absolute Gasteiger partial charge is 0.352 e. The second kappa shape index (κ2) is 13.4. The standard InChI is InChI=1S/C21H35N3O.2ClH/c1-16(2)24(4)15-19-7-5-6-18(13-19)14-23-21(25)12-17(3)20-8-10-22-11-9-20;;/h5-7,13,16-17,20,22H,8-12,14-15H2,1-4H3,(H,23,25);2*1H. The Morgan fingerprint density at radius 3 is 2.44 bits per heavy atom. The van der Waals surface area contributed by atoms with Gasteiger partial charge in [-0.3, -0.25) is 9.69 Å². The number of nitrogens with zero attached hydrogens (tertiary/aromatic N) is 1. The molecule has 6 heteroatoms. The predicted molar refractivity (Wildman–Crippen MR) is 119 cm³/mol. The number of carbonyl (C=O) groups excluding carboxylic acids is 1. The highest BCUT2D eigenvalue weighted by molar-refractivity contribution is 5.85. The molecule has 1 aliphatic heterocycles. The van der Waals surface area contributed by atoms with Crippen molar-refractivity contribution in [2.24, 2.45) is 11.8 Å². The molecule has 1 saturated heterocycles. The lowest BCUT2D eigenvalue weighted by Crippen LogP contribution is -2.33. The minimum atomic E-state index is 0. The molecular formula is C21H37Cl2N3O. The molecule has 1 atom stereocenters. The van der Waals surface area contributed by atoms with E-state index >= 15 is 0 Å². The van der Waals surface area contributed by atoms with E-state index in [1.807, 2.05) is 0 Å². The normalized spacial score (nSPS) is 15.8. The Hall–Kier alpha value is -0.810. The summed E-state index contributed by atoms with van der Waals surface area (Å²) >= 11 is 0. The van der Waals surface area contributed by atoms with E-state index in [1.165, 1.54) is 24.0 Å². The van der Waals surface area contributed by atoms with Crippen LogP contribution in [0.3, 0.4) is 0 Å². The zero-order valence-corrected chi connectivity index (χ0v) is 18.8. The molecule has 1 fully saturated rings. The van der Waals surface area contributed by atoms with Gasteiger partial charge in [-0.2, -0.15) is 0 Å². The molecule has 0 spiro atoms. The van der Waals surface area contributed by atoms with Crippen molar-refractivity contribution in [3.63, 3.8) is 0 Å². The molecule has 1 aromatic rings. The van der Waals surface area contributed by atoms with Crippen LogP contribution in [0, 0.1) is 11.8 Å². The highest BCUT2D eigenvalue weighted by Crippen LogP contribution is 2.24. The Balaban J connectivity index is 0.00000338. The second-order valence-electron chi connectivity index (χ2n) is 7.87. The number of amides is 1. The van der Waals surface area contributed by atoms with Gasteiger partial charge in [0.15, 0.2) is 0 Å². The van der Waals surface area contributed by atoms with E-state index in [9.17, 15) is 4.79 Å². The molecule has 1 amide bonds. The summed E-state index contributed by atoms with van der Waals surface area (Å²) in [5, 5.41) is 6.50. The third-order valence-corrected chi connectivity index (χ3v) is 5.49. The van der Waals surface area contributed by atoms with Crippen molar-refractivity contribution in [3.8, 4) is 0 Å². The molecule has 2 rings (SSSR count). The predicted octanol–water partition coefficient (Wildman–Crippen LogP) is 4.01. The number of nitrogens with one attached hydrogen (secondary N) is 2. The number of hydrogen-bond acceptors (Lipinski definition) is 3. The lowest BCUT2D eigenvalue weighted by atomic mass is 9.84. The van der Waals surface area contributed by atoms with Crippen molar-refractivity contribution in [1.29, 1.82) is 0 Å². The van der Waals surface area contributed by atoms with Gasteiger partial charge in [-0.05, 0) is 69.8 Å². The molecule has 27 heavy (non-hydrogen) atoms. The first-order chi connectivity index (χ1) is 12.0. The fourth-order valence-electron chi connectivity index (χ4n) is 3.45. The van der Waals surface area contributed by atoms with E-state index in [4.69, 9.17) is 0 Å². The summed E-state index contributed by atoms with van der Waals surface area (Å²) in [6.45, 7) is 10.4. The van der Waals surface area contributed by atoms with Gasteiger partial charge in [0.25, 0.3) is 0 Å². The number of rotatable bonds is 8. The van der Waals surface area contributed by atoms with Gasteiger partial charge in [0, 0.05) is 25.6 Å². The van der Waals surface area contributed by atoms with Crippen molar-refractivity contribution >= 4 is 30.7 Å². The Morgan fingerprint density at radius 1 is 1.19 bits per heavy atom. The Morgan fingerprint density at radius 2 is 1.81 bits per heavy atom. The summed E-state index contributed by atoms with van der Waals surface area (Å²) in [5.74, 6) is 1.32. The number of halogens is 2. The molecule has 0 bridgehead atoms. The van der Waals surface area contributed by atoms with Crippen molar-refractivity contribution in [2.75, 3.05) is 20.1 Å². The van der Waals surface area contributed by atoms with Crippen molar-refractivity contribution in [1.82, 2.24) is 15.5 Å². The van der Waals surface area contributed by atoms with Crippen LogP contribution in [0.2, 0.25) is 0 Å². The van der Waals surface area contributed by atoms with Gasteiger partial charge in [-0.15, -0.1) is 24.8 Å². The smallest absolute Gasteiger partial charge is 0.220 e. The summed E-state index contributed by atoms with van der Waals surface area (Å²) in [7, 11) is 2.14. The van der Waals surface area contributed by atoms with E-state index in [1.54, 1.807) is 0 Å². The van der Waals surface area contributed by atoms with Gasteiger partial charge < -0.3 is 10.6 Å². The molecule has 1 unspecified atom stereocenters. The molecule has 1 aliphatic rings. The zero-order chi connectivity index (χ0) is 18.2. The van der Waals surface area contributed by atoms with Crippen LogP contribution in [0.5, 0.6) is 0 Å². The molecule has 1 heterocycles. The minimum Gasteiger partial charge on any atom is -0.352 e. The lowest BCUT2D eigenvalue weighted by molar-refractivity contribution is -0.122. The van der Waals surface area contributed by atoms with E-state index < -0.39 is 0 Å². The molecule has 0 aromatic heterocycles. The van der Waals surface area contributed by atoms with Crippen LogP contribution in [-0.2, 0) is 17.9 Å². The van der Waals surface area contributed by atoms with Crippen molar-refractivity contribution in [3.05, 3.63) is 35.4 Å². The number of piperidine rings is 1. The number of benzene rings is 1. The fourth-order valence-corrected chi connectivity index (χ4v) is 3.45. The fraction of sp³-hybridized carbons (Fsp3) is 0.667. The first-order valence-electron chi connectivity index (χ1n) is 9.71. The third-order valence-electron chi connectivity index (χ3n) is 5.49. The van der Waals surface area contributed by atoms with Crippen LogP contribution in [0.25, 0.3) is 0 Å². The minimum absolute atomic E-state index is 0. The first kappa shape index (κ1) is 26.2. The Bertz CT molecular complexity index is 548. The van der Waals surface area contributed by atoms with E-state index in [0.29, 0.717) is 30.8 Å². The van der Waals surface area contributed by atoms with Gasteiger partial charge in [0.05, 0.1) is 0 Å². The highest BCUT2D eigenvalue weighted by Gasteiger charge is 2.21. The lowest BCUT2D eigenvalue weighted by Gasteiger charge is -2.27. The topological polar surface area (TPSA) is 44.4 Å². The van der Waals surface area contributed by atoms with Crippen molar-refractivity contribution < 1.29 is 4.79 Å². The molecule has 0 aliphatic carbocycles. The maximum absolute atomic E-state index is 12.3. The quantitative estimate of drug-likeness (QED) is 0.671. The van der Waals surface area contributed by atoms with Gasteiger partial charge in [-0.25, -0.2) is 0 Å². The van der Waals surface area contributed by atoms with Crippen LogP contribution in [-0.4, -0.2) is 37.0 Å². The van der Waals surface area contributed by atoms with E-state index in [0.717, 1.165) is 19.6 Å². The summed E-state index contributed by atoms with van der Waals surface area (Å²) in [5.41, 5.74) is 2.48. The summed E-state index contributed by atoms with van der Waals surface area (Å²) in [4.78, 5) is 14.6. The van der Waals surface area contributed by atoms with Crippen LogP contribution in [0.1, 0.15) is 51.2 Å². The van der Waals surface area contributed by atoms with E-state index in [2.05, 4.69) is 67.6 Å². The van der Waals surface area contributed by atoms with Gasteiger partial charge in [-0.1, -0.05) is 31.2 Å². The van der Waals surface area contributed by atoms with Gasteiger partial charge >= 0.3 is 0 Å². The molecular weight excluding hydrogens is 381 g/mol. The monoisotopic (exact) mass is 417 g/mol. The molecule has 0 radical (unpaired) electrons. The van der Waals surface area contributed by atoms with Gasteiger partial charge in [0.2, 0.25) is 5.91 Å². The van der Waals surface area contributed by atoms with Crippen molar-refractivity contribution in [2.45, 2.75) is 59.2 Å². The van der Waals surface area contributed by atoms with Crippen LogP contribution in [0.15, 0.2) is 24.3 Å². The molecule has 156 valence electrons. The second-order valence-corrected chi connectivity index (χ2v) is 7.87. The summed E-state index contributed by atoms with van der Waals surface area (Å²) in [6, 6.07) is 9.07. The first-order valence-corrected chi connectivity index (χ1v) is 9.71. The van der Waals surface area contributed by atoms with Gasteiger partial charge in [0.1, 0.15) is 0 Å². The molecule has 1 aromatic carbocycles. The maximum Gasteiger partial charge on any atom is 0.220 e. The molecule has 4 nitrogen and oxygen atoms in total. The zero-order valence-electron chi connectivity index (χ0n) is 17.2. The Labute approximate surface area is 177 Å². The number of hydrogen-bond donors (Lipinski definition) is 2. The highest BCUT2D eigenvalue weighted by atomic mass is 35.5. The van der Waals surface area contributed by atoms with Crippen LogP contribution in [0.4, 0.5) is 0 Å². The SMILES string of the molecule is CC(CC(=O)NCc1cccc(CN(C)C(C)C)c1)C1CCNCC1.Cl.Cl. The summed E-state index contributed by atoms with van der Waals surface area (Å²) in [6.07, 6.45) is 3.03. The third kappa shape index (κ3) is 9.29. The summed E-state index contributed by atoms with van der Waals surface area (Å²) < 4.78 is 0. The Kier molecular flexibility index (Phi) is 13.0. The van der Waals surface area contributed by atoms with Crippen LogP contribution < -0.4 is 10.6 Å². The number of carbonyl (C=O) groups is 1. The molecule has 0 saturated carbocycles. The molecule has 2 N–H and O–H groups in total. The average Bonchev–Trinajstić information content (AvgIpc) is 2.61.